The summed E-state index contributed by atoms with van der Waals surface area (Å²) in [5.41, 5.74) is 2.43. The van der Waals surface area contributed by atoms with Crippen LogP contribution in [0.25, 0.3) is 0 Å². The zero-order chi connectivity index (χ0) is 13.8. The lowest BCUT2D eigenvalue weighted by molar-refractivity contribution is -0.384. The SMILES string of the molecule is Cc1ccncc1CNc1c(Br)cncc1[N+](=O)[O-]. The summed E-state index contributed by atoms with van der Waals surface area (Å²) < 4.78 is 0.559. The first kappa shape index (κ1) is 13.4. The van der Waals surface area contributed by atoms with Crippen LogP contribution in [0.1, 0.15) is 11.1 Å². The summed E-state index contributed by atoms with van der Waals surface area (Å²) in [6, 6.07) is 1.90. The van der Waals surface area contributed by atoms with Crippen LogP contribution in [-0.2, 0) is 6.54 Å². The highest BCUT2D eigenvalue weighted by molar-refractivity contribution is 9.10. The second-order valence-corrected chi connectivity index (χ2v) is 4.78. The van der Waals surface area contributed by atoms with Crippen molar-refractivity contribution in [3.05, 3.63) is 56.6 Å². The van der Waals surface area contributed by atoms with Crippen LogP contribution in [-0.4, -0.2) is 14.9 Å². The van der Waals surface area contributed by atoms with Gasteiger partial charge in [-0.1, -0.05) is 0 Å². The van der Waals surface area contributed by atoms with Gasteiger partial charge in [-0.2, -0.15) is 0 Å². The molecule has 0 unspecified atom stereocenters. The number of nitrogens with zero attached hydrogens (tertiary/aromatic N) is 3. The van der Waals surface area contributed by atoms with Gasteiger partial charge < -0.3 is 5.32 Å². The Bertz CT molecular complexity index is 618. The molecule has 7 heteroatoms. The number of hydrogen-bond acceptors (Lipinski definition) is 5. The molecule has 0 radical (unpaired) electrons. The average Bonchev–Trinajstić information content (AvgIpc) is 2.38. The second kappa shape index (κ2) is 5.75. The molecule has 0 bridgehead atoms. The molecule has 0 spiro atoms. The number of pyridine rings is 2. The summed E-state index contributed by atoms with van der Waals surface area (Å²) >= 11 is 3.26. The highest BCUT2D eigenvalue weighted by Gasteiger charge is 2.17. The summed E-state index contributed by atoms with van der Waals surface area (Å²) in [6.07, 6.45) is 6.20. The van der Waals surface area contributed by atoms with Crippen LogP contribution >= 0.6 is 15.9 Å². The van der Waals surface area contributed by atoms with E-state index in [2.05, 4.69) is 31.2 Å². The third kappa shape index (κ3) is 3.05. The van der Waals surface area contributed by atoms with Gasteiger partial charge in [0.2, 0.25) is 0 Å². The Hall–Kier alpha value is -2.02. The van der Waals surface area contributed by atoms with E-state index in [1.807, 2.05) is 13.0 Å². The fourth-order valence-electron chi connectivity index (χ4n) is 1.60. The molecule has 0 aliphatic rings. The van der Waals surface area contributed by atoms with Crippen molar-refractivity contribution in [3.63, 3.8) is 0 Å². The Balaban J connectivity index is 2.25. The number of nitro groups is 1. The molecule has 0 fully saturated rings. The molecule has 0 aliphatic carbocycles. The van der Waals surface area contributed by atoms with Crippen molar-refractivity contribution in [2.75, 3.05) is 5.32 Å². The molecule has 2 rings (SSSR count). The van der Waals surface area contributed by atoms with Gasteiger partial charge in [0.25, 0.3) is 0 Å². The number of nitrogens with one attached hydrogen (secondary N) is 1. The van der Waals surface area contributed by atoms with Gasteiger partial charge in [-0.3, -0.25) is 20.1 Å². The predicted molar refractivity (Wildman–Crippen MR) is 74.9 cm³/mol. The summed E-state index contributed by atoms with van der Waals surface area (Å²) in [4.78, 5) is 18.3. The molecule has 0 atom stereocenters. The number of aromatic nitrogens is 2. The molecular formula is C12H11BrN4O2. The lowest BCUT2D eigenvalue weighted by Crippen LogP contribution is -2.05. The highest BCUT2D eigenvalue weighted by Crippen LogP contribution is 2.31. The fraction of sp³-hybridized carbons (Fsp3) is 0.167. The first-order chi connectivity index (χ1) is 9.09. The van der Waals surface area contributed by atoms with Crippen LogP contribution in [0.4, 0.5) is 11.4 Å². The summed E-state index contributed by atoms with van der Waals surface area (Å²) in [7, 11) is 0. The van der Waals surface area contributed by atoms with Gasteiger partial charge >= 0.3 is 5.69 Å². The van der Waals surface area contributed by atoms with E-state index in [1.54, 1.807) is 12.4 Å². The zero-order valence-corrected chi connectivity index (χ0v) is 11.7. The first-order valence-electron chi connectivity index (χ1n) is 5.51. The van der Waals surface area contributed by atoms with Gasteiger partial charge in [0, 0.05) is 25.1 Å². The van der Waals surface area contributed by atoms with Crippen molar-refractivity contribution < 1.29 is 4.92 Å². The van der Waals surface area contributed by atoms with Crippen LogP contribution in [0, 0.1) is 17.0 Å². The molecular weight excluding hydrogens is 312 g/mol. The molecule has 2 aromatic rings. The van der Waals surface area contributed by atoms with Gasteiger partial charge in [0.1, 0.15) is 11.9 Å². The van der Waals surface area contributed by atoms with E-state index < -0.39 is 4.92 Å². The van der Waals surface area contributed by atoms with Gasteiger partial charge in [0.05, 0.1) is 9.40 Å². The minimum Gasteiger partial charge on any atom is -0.374 e. The monoisotopic (exact) mass is 322 g/mol. The van der Waals surface area contributed by atoms with Crippen molar-refractivity contribution in [1.82, 2.24) is 9.97 Å². The maximum atomic E-state index is 10.9. The molecule has 1 N–H and O–H groups in total. The van der Waals surface area contributed by atoms with Gasteiger partial charge in [0.15, 0.2) is 0 Å². The van der Waals surface area contributed by atoms with Crippen molar-refractivity contribution in [3.8, 4) is 0 Å². The number of hydrogen-bond donors (Lipinski definition) is 1. The number of rotatable bonds is 4. The van der Waals surface area contributed by atoms with Crippen molar-refractivity contribution in [2.24, 2.45) is 0 Å². The minimum absolute atomic E-state index is 0.0593. The first-order valence-corrected chi connectivity index (χ1v) is 6.30. The molecule has 0 saturated heterocycles. The van der Waals surface area contributed by atoms with Gasteiger partial charge in [-0.25, -0.2) is 0 Å². The zero-order valence-electron chi connectivity index (χ0n) is 10.1. The Morgan fingerprint density at radius 2 is 2.16 bits per heavy atom. The quantitative estimate of drug-likeness (QED) is 0.691. The van der Waals surface area contributed by atoms with Crippen LogP contribution in [0.3, 0.4) is 0 Å². The molecule has 0 saturated carbocycles. The molecule has 6 nitrogen and oxygen atoms in total. The van der Waals surface area contributed by atoms with Crippen LogP contribution in [0.2, 0.25) is 0 Å². The molecule has 0 amide bonds. The molecule has 98 valence electrons. The van der Waals surface area contributed by atoms with Crippen molar-refractivity contribution in [2.45, 2.75) is 13.5 Å². The summed E-state index contributed by atoms with van der Waals surface area (Å²) in [5.74, 6) is 0. The topological polar surface area (TPSA) is 81.0 Å². The highest BCUT2D eigenvalue weighted by atomic mass is 79.9. The Morgan fingerprint density at radius 3 is 2.84 bits per heavy atom. The summed E-state index contributed by atoms with van der Waals surface area (Å²) in [6.45, 7) is 2.43. The summed E-state index contributed by atoms with van der Waals surface area (Å²) in [5, 5.41) is 14.0. The maximum Gasteiger partial charge on any atom is 0.311 e. The predicted octanol–water partition coefficient (Wildman–Crippen LogP) is 3.07. The molecule has 2 heterocycles. The molecule has 19 heavy (non-hydrogen) atoms. The molecule has 0 aromatic carbocycles. The standard InChI is InChI=1S/C12H11BrN4O2/c1-8-2-3-14-4-9(8)5-16-12-10(13)6-15-7-11(12)17(18)19/h2-4,6-7H,5H2,1H3,(H,15,16). The van der Waals surface area contributed by atoms with Crippen molar-refractivity contribution >= 4 is 27.3 Å². The maximum absolute atomic E-state index is 10.9. The van der Waals surface area contributed by atoms with E-state index in [0.717, 1.165) is 11.1 Å². The van der Waals surface area contributed by atoms with E-state index in [4.69, 9.17) is 0 Å². The van der Waals surface area contributed by atoms with E-state index in [-0.39, 0.29) is 5.69 Å². The Labute approximate surface area is 118 Å². The smallest absolute Gasteiger partial charge is 0.311 e. The number of anilines is 1. The van der Waals surface area contributed by atoms with E-state index in [1.165, 1.54) is 12.4 Å². The fourth-order valence-corrected chi connectivity index (χ4v) is 2.07. The lowest BCUT2D eigenvalue weighted by Gasteiger charge is -2.10. The van der Waals surface area contributed by atoms with Crippen LogP contribution in [0.5, 0.6) is 0 Å². The van der Waals surface area contributed by atoms with Crippen LogP contribution < -0.4 is 5.32 Å². The Kier molecular flexibility index (Phi) is 4.06. The molecule has 2 aromatic heterocycles. The average molecular weight is 323 g/mol. The lowest BCUT2D eigenvalue weighted by atomic mass is 10.1. The second-order valence-electron chi connectivity index (χ2n) is 3.93. The Morgan fingerprint density at radius 1 is 1.37 bits per heavy atom. The molecule has 0 aliphatic heterocycles. The minimum atomic E-state index is -0.462. The van der Waals surface area contributed by atoms with Gasteiger partial charge in [-0.15, -0.1) is 0 Å². The van der Waals surface area contributed by atoms with Crippen LogP contribution in [0.15, 0.2) is 35.3 Å². The third-order valence-electron chi connectivity index (χ3n) is 2.68. The van der Waals surface area contributed by atoms with E-state index >= 15 is 0 Å². The third-order valence-corrected chi connectivity index (χ3v) is 3.28. The van der Waals surface area contributed by atoms with Crippen molar-refractivity contribution in [1.29, 1.82) is 0 Å². The number of halogens is 1. The van der Waals surface area contributed by atoms with Gasteiger partial charge in [-0.05, 0) is 40.0 Å². The van der Waals surface area contributed by atoms with E-state index in [9.17, 15) is 10.1 Å². The largest absolute Gasteiger partial charge is 0.374 e. The van der Waals surface area contributed by atoms with E-state index in [0.29, 0.717) is 16.7 Å². The number of aryl methyl sites for hydroxylation is 1. The normalized spacial score (nSPS) is 10.2.